The van der Waals surface area contributed by atoms with Crippen molar-refractivity contribution in [3.05, 3.63) is 0 Å². The normalized spacial score (nSPS) is 11.3. The van der Waals surface area contributed by atoms with Crippen molar-refractivity contribution in [1.29, 1.82) is 0 Å². The van der Waals surface area contributed by atoms with Gasteiger partial charge in [-0.15, -0.1) is 0 Å². The van der Waals surface area contributed by atoms with Crippen LogP contribution in [0.2, 0.25) is 0 Å². The average Bonchev–Trinajstić information content (AvgIpc) is 1.63. The second-order valence-corrected chi connectivity index (χ2v) is 2.88. The van der Waals surface area contributed by atoms with Crippen LogP contribution in [0.25, 0.3) is 0 Å². The van der Waals surface area contributed by atoms with Crippen LogP contribution in [-0.2, 0) is 4.74 Å². The minimum absolute atomic E-state index is 0.379. The molecule has 56 valence electrons. The van der Waals surface area contributed by atoms with E-state index < -0.39 is 0 Å². The molecule has 0 unspecified atom stereocenters. The van der Waals surface area contributed by atoms with Gasteiger partial charge in [-0.3, -0.25) is 0 Å². The quantitative estimate of drug-likeness (QED) is 0.547. The van der Waals surface area contributed by atoms with E-state index in [9.17, 15) is 0 Å². The van der Waals surface area contributed by atoms with Gasteiger partial charge < -0.3 is 9.64 Å². The van der Waals surface area contributed by atoms with Crippen molar-refractivity contribution in [2.24, 2.45) is 0 Å². The predicted molar refractivity (Wildman–Crippen MR) is 38.8 cm³/mol. The van der Waals surface area contributed by atoms with Gasteiger partial charge in [0.25, 0.3) is 0 Å². The molecule has 0 saturated carbocycles. The van der Waals surface area contributed by atoms with Crippen molar-refractivity contribution in [3.63, 3.8) is 0 Å². The van der Waals surface area contributed by atoms with E-state index in [2.05, 4.69) is 27.9 Å². The summed E-state index contributed by atoms with van der Waals surface area (Å²) in [5.74, 6) is 0. The fourth-order valence-corrected chi connectivity index (χ4v) is 0.499. The molecule has 9 heavy (non-hydrogen) atoms. The summed E-state index contributed by atoms with van der Waals surface area (Å²) >= 11 is 0. The molecule has 0 radical (unpaired) electrons. The number of rotatable bonds is 4. The van der Waals surface area contributed by atoms with Crippen molar-refractivity contribution in [2.45, 2.75) is 20.0 Å². The minimum Gasteiger partial charge on any atom is -0.373 e. The first-order valence-electron chi connectivity index (χ1n) is 3.53. The van der Waals surface area contributed by atoms with Crippen molar-refractivity contribution in [1.82, 2.24) is 0 Å². The molecule has 0 saturated heterocycles. The Labute approximate surface area is 57.8 Å². The largest absolute Gasteiger partial charge is 0.373 e. The third kappa shape index (κ3) is 7.92. The lowest BCUT2D eigenvalue weighted by Gasteiger charge is -2.09. The summed E-state index contributed by atoms with van der Waals surface area (Å²) in [4.78, 5) is 1.44. The number of nitrogens with one attached hydrogen (secondary N) is 1. The molecule has 0 amide bonds. The predicted octanol–water partition coefficient (Wildman–Crippen LogP) is -0.444. The smallest absolute Gasteiger partial charge is 0.100 e. The van der Waals surface area contributed by atoms with Crippen LogP contribution in [0.3, 0.4) is 0 Å². The fraction of sp³-hybridized carbons (Fsp3) is 1.00. The molecular formula is C7H18NO+. The van der Waals surface area contributed by atoms with Crippen LogP contribution in [-0.4, -0.2) is 33.4 Å². The highest BCUT2D eigenvalue weighted by Gasteiger charge is 1.94. The highest BCUT2D eigenvalue weighted by Crippen LogP contribution is 1.83. The summed E-state index contributed by atoms with van der Waals surface area (Å²) in [7, 11) is 4.26. The van der Waals surface area contributed by atoms with E-state index in [-0.39, 0.29) is 0 Å². The zero-order valence-corrected chi connectivity index (χ0v) is 6.90. The topological polar surface area (TPSA) is 13.7 Å². The Morgan fingerprint density at radius 2 is 1.89 bits per heavy atom. The molecule has 0 spiro atoms. The number of hydrogen-bond donors (Lipinski definition) is 1. The molecule has 0 atom stereocenters. The first-order valence-corrected chi connectivity index (χ1v) is 3.53. The van der Waals surface area contributed by atoms with Gasteiger partial charge in [-0.25, -0.2) is 0 Å². The summed E-state index contributed by atoms with van der Waals surface area (Å²) in [6.45, 7) is 6.09. The van der Waals surface area contributed by atoms with Crippen LogP contribution in [0.5, 0.6) is 0 Å². The van der Waals surface area contributed by atoms with Crippen LogP contribution in [0.4, 0.5) is 0 Å². The minimum atomic E-state index is 0.379. The Kier molecular flexibility index (Phi) is 4.72. The molecule has 2 heteroatoms. The maximum atomic E-state index is 5.33. The summed E-state index contributed by atoms with van der Waals surface area (Å²) in [5.41, 5.74) is 0. The van der Waals surface area contributed by atoms with Gasteiger partial charge in [0.2, 0.25) is 0 Å². The lowest BCUT2D eigenvalue weighted by Crippen LogP contribution is -3.06. The van der Waals surface area contributed by atoms with Gasteiger partial charge in [-0.05, 0) is 13.8 Å². The summed E-state index contributed by atoms with van der Waals surface area (Å²) < 4.78 is 5.33. The average molecular weight is 132 g/mol. The zero-order valence-electron chi connectivity index (χ0n) is 6.90. The first kappa shape index (κ1) is 8.92. The van der Waals surface area contributed by atoms with Gasteiger partial charge in [0.05, 0.1) is 26.8 Å². The van der Waals surface area contributed by atoms with E-state index in [0.717, 1.165) is 13.2 Å². The molecule has 0 heterocycles. The molecule has 0 aromatic rings. The van der Waals surface area contributed by atoms with E-state index in [0.29, 0.717) is 6.10 Å². The molecule has 1 N–H and O–H groups in total. The van der Waals surface area contributed by atoms with E-state index in [4.69, 9.17) is 4.74 Å². The van der Waals surface area contributed by atoms with Gasteiger partial charge >= 0.3 is 0 Å². The van der Waals surface area contributed by atoms with E-state index in [1.54, 1.807) is 0 Å². The Balaban J connectivity index is 2.91. The number of hydrogen-bond acceptors (Lipinski definition) is 1. The highest BCUT2D eigenvalue weighted by atomic mass is 16.5. The monoisotopic (exact) mass is 132 g/mol. The maximum absolute atomic E-state index is 5.33. The van der Waals surface area contributed by atoms with Gasteiger partial charge in [0.1, 0.15) is 6.54 Å². The molecule has 0 rings (SSSR count). The Morgan fingerprint density at radius 3 is 2.22 bits per heavy atom. The van der Waals surface area contributed by atoms with Crippen LogP contribution < -0.4 is 4.90 Å². The van der Waals surface area contributed by atoms with Crippen molar-refractivity contribution < 1.29 is 9.64 Å². The molecule has 0 bridgehead atoms. The van der Waals surface area contributed by atoms with Gasteiger partial charge in [0, 0.05) is 0 Å². The third-order valence-corrected chi connectivity index (χ3v) is 1.05. The highest BCUT2D eigenvalue weighted by molar-refractivity contribution is 4.34. The molecule has 2 nitrogen and oxygen atoms in total. The fourth-order valence-electron chi connectivity index (χ4n) is 0.499. The summed E-state index contributed by atoms with van der Waals surface area (Å²) in [5, 5.41) is 0. The van der Waals surface area contributed by atoms with E-state index >= 15 is 0 Å². The van der Waals surface area contributed by atoms with Gasteiger partial charge in [0.15, 0.2) is 0 Å². The lowest BCUT2D eigenvalue weighted by atomic mass is 10.5. The number of ether oxygens (including phenoxy) is 1. The Morgan fingerprint density at radius 1 is 1.33 bits per heavy atom. The molecular weight excluding hydrogens is 114 g/mol. The standard InChI is InChI=1S/C7H17NO/c1-7(2)9-6-5-8(3)4/h7H,5-6H2,1-4H3/p+1. The molecule has 0 aliphatic carbocycles. The molecule has 0 aromatic carbocycles. The van der Waals surface area contributed by atoms with Gasteiger partial charge in [-0.2, -0.15) is 0 Å². The van der Waals surface area contributed by atoms with Gasteiger partial charge in [-0.1, -0.05) is 0 Å². The van der Waals surface area contributed by atoms with E-state index in [1.165, 1.54) is 4.90 Å². The SMILES string of the molecule is CC(C)OCC[NH+](C)C. The first-order chi connectivity index (χ1) is 4.13. The summed E-state index contributed by atoms with van der Waals surface area (Å²) in [6, 6.07) is 0. The molecule has 0 fully saturated rings. The third-order valence-electron chi connectivity index (χ3n) is 1.05. The van der Waals surface area contributed by atoms with Crippen LogP contribution in [0.1, 0.15) is 13.8 Å². The second-order valence-electron chi connectivity index (χ2n) is 2.88. The van der Waals surface area contributed by atoms with E-state index in [1.807, 2.05) is 0 Å². The number of quaternary nitrogens is 1. The summed E-state index contributed by atoms with van der Waals surface area (Å²) in [6.07, 6.45) is 0.379. The maximum Gasteiger partial charge on any atom is 0.100 e. The Hall–Kier alpha value is -0.0800. The van der Waals surface area contributed by atoms with Crippen molar-refractivity contribution in [2.75, 3.05) is 27.2 Å². The Bertz CT molecular complexity index is 53.9. The van der Waals surface area contributed by atoms with Crippen LogP contribution in [0.15, 0.2) is 0 Å². The lowest BCUT2D eigenvalue weighted by molar-refractivity contribution is -0.858. The van der Waals surface area contributed by atoms with Crippen LogP contribution >= 0.6 is 0 Å². The number of likely N-dealkylation sites (N-methyl/N-ethyl adjacent to an activating group) is 1. The zero-order chi connectivity index (χ0) is 7.28. The van der Waals surface area contributed by atoms with Crippen molar-refractivity contribution in [3.8, 4) is 0 Å². The molecule has 0 aliphatic rings. The molecule has 0 aliphatic heterocycles. The second kappa shape index (κ2) is 4.77. The molecule has 0 aromatic heterocycles. The van der Waals surface area contributed by atoms with Crippen molar-refractivity contribution >= 4 is 0 Å². The van der Waals surface area contributed by atoms with Crippen LogP contribution in [0, 0.1) is 0 Å².